The summed E-state index contributed by atoms with van der Waals surface area (Å²) in [4.78, 5) is 14.0. The lowest BCUT2D eigenvalue weighted by molar-refractivity contribution is 0.630. The Morgan fingerprint density at radius 2 is 1.95 bits per heavy atom. The summed E-state index contributed by atoms with van der Waals surface area (Å²) in [5, 5.41) is 18.7. The number of rotatable bonds is 2. The van der Waals surface area contributed by atoms with E-state index in [1.807, 2.05) is 0 Å². The Morgan fingerprint density at radius 3 is 2.48 bits per heavy atom. The fraction of sp³-hybridized carbons (Fsp3) is 0.0714. The lowest BCUT2D eigenvalue weighted by Crippen LogP contribution is -2.16. The second-order valence-corrected chi connectivity index (χ2v) is 4.72. The SMILES string of the molecule is N#Cc1c(N)[nH]c(=O)c(C#N)c1-c1ccc(CBr)cc1F. The molecule has 0 aliphatic heterocycles. The molecule has 0 fully saturated rings. The van der Waals surface area contributed by atoms with Crippen molar-refractivity contribution in [1.82, 2.24) is 4.98 Å². The van der Waals surface area contributed by atoms with Crippen molar-refractivity contribution >= 4 is 21.7 Å². The Morgan fingerprint density at radius 1 is 1.29 bits per heavy atom. The third kappa shape index (κ3) is 2.51. The first-order valence-corrected chi connectivity index (χ1v) is 6.86. The highest BCUT2D eigenvalue weighted by molar-refractivity contribution is 9.08. The fourth-order valence-electron chi connectivity index (χ4n) is 1.96. The average molecular weight is 347 g/mol. The number of nitrogen functional groups attached to an aromatic ring is 1. The minimum Gasteiger partial charge on any atom is -0.384 e. The molecule has 0 aliphatic carbocycles. The summed E-state index contributed by atoms with van der Waals surface area (Å²) in [6.45, 7) is 0. The van der Waals surface area contributed by atoms with Crippen LogP contribution in [0.5, 0.6) is 0 Å². The number of H-pyrrole nitrogens is 1. The van der Waals surface area contributed by atoms with Crippen LogP contribution in [0.3, 0.4) is 0 Å². The van der Waals surface area contributed by atoms with Gasteiger partial charge in [0.25, 0.3) is 5.56 Å². The van der Waals surface area contributed by atoms with Crippen molar-refractivity contribution < 1.29 is 4.39 Å². The molecular formula is C14H8BrFN4O. The smallest absolute Gasteiger partial charge is 0.268 e. The fourth-order valence-corrected chi connectivity index (χ4v) is 2.31. The Balaban J connectivity index is 2.90. The van der Waals surface area contributed by atoms with Crippen LogP contribution < -0.4 is 11.3 Å². The number of hydrogen-bond donors (Lipinski definition) is 2. The van der Waals surface area contributed by atoms with E-state index in [1.165, 1.54) is 12.1 Å². The molecule has 0 saturated heterocycles. The van der Waals surface area contributed by atoms with Crippen molar-refractivity contribution in [2.75, 3.05) is 5.73 Å². The number of nitrogens with one attached hydrogen (secondary N) is 1. The maximum atomic E-state index is 14.2. The van der Waals surface area contributed by atoms with Gasteiger partial charge in [0.2, 0.25) is 0 Å². The van der Waals surface area contributed by atoms with E-state index in [0.717, 1.165) is 0 Å². The van der Waals surface area contributed by atoms with Crippen molar-refractivity contribution in [1.29, 1.82) is 10.5 Å². The second-order valence-electron chi connectivity index (χ2n) is 4.16. The third-order valence-corrected chi connectivity index (χ3v) is 3.57. The van der Waals surface area contributed by atoms with E-state index in [9.17, 15) is 14.4 Å². The molecule has 0 unspecified atom stereocenters. The molecule has 0 amide bonds. The highest BCUT2D eigenvalue weighted by atomic mass is 79.9. The highest BCUT2D eigenvalue weighted by Gasteiger charge is 2.20. The summed E-state index contributed by atoms with van der Waals surface area (Å²) in [7, 11) is 0. The summed E-state index contributed by atoms with van der Waals surface area (Å²) in [5.74, 6) is -0.828. The number of aromatic amines is 1. The normalized spacial score (nSPS) is 9.90. The van der Waals surface area contributed by atoms with Crippen LogP contribution >= 0.6 is 15.9 Å². The Labute approximate surface area is 127 Å². The molecular weight excluding hydrogens is 339 g/mol. The monoisotopic (exact) mass is 346 g/mol. The lowest BCUT2D eigenvalue weighted by atomic mass is 9.95. The summed E-state index contributed by atoms with van der Waals surface area (Å²) in [5.41, 5.74) is 4.95. The van der Waals surface area contributed by atoms with Crippen molar-refractivity contribution in [3.05, 3.63) is 51.1 Å². The molecule has 0 radical (unpaired) electrons. The van der Waals surface area contributed by atoms with Gasteiger partial charge in [0.05, 0.1) is 0 Å². The standard InChI is InChI=1S/C14H8BrFN4O/c15-4-7-1-2-8(11(16)3-7)12-9(5-17)13(19)20-14(21)10(12)6-18/h1-3H,4H2,(H3,19,20,21). The second kappa shape index (κ2) is 5.78. The number of nitrogens with zero attached hydrogens (tertiary/aromatic N) is 2. The third-order valence-electron chi connectivity index (χ3n) is 2.93. The summed E-state index contributed by atoms with van der Waals surface area (Å²) in [6, 6.07) is 7.81. The van der Waals surface area contributed by atoms with Crippen molar-refractivity contribution in [2.24, 2.45) is 0 Å². The number of benzene rings is 1. The first-order chi connectivity index (χ1) is 10.0. The van der Waals surface area contributed by atoms with E-state index < -0.39 is 11.4 Å². The average Bonchev–Trinajstić information content (AvgIpc) is 2.46. The first kappa shape index (κ1) is 14.8. The van der Waals surface area contributed by atoms with Gasteiger partial charge in [-0.25, -0.2) is 4.39 Å². The number of hydrogen-bond acceptors (Lipinski definition) is 4. The number of alkyl halides is 1. The maximum Gasteiger partial charge on any atom is 0.268 e. The van der Waals surface area contributed by atoms with E-state index in [-0.39, 0.29) is 28.1 Å². The molecule has 0 aliphatic rings. The topological polar surface area (TPSA) is 106 Å². The summed E-state index contributed by atoms with van der Waals surface area (Å²) in [6.07, 6.45) is 0. The molecule has 1 aromatic carbocycles. The number of halogens is 2. The van der Waals surface area contributed by atoms with Crippen LogP contribution in [0, 0.1) is 28.5 Å². The zero-order valence-electron chi connectivity index (χ0n) is 10.6. The molecule has 0 atom stereocenters. The molecule has 2 rings (SSSR count). The quantitative estimate of drug-likeness (QED) is 0.814. The van der Waals surface area contributed by atoms with Crippen LogP contribution in [0.25, 0.3) is 11.1 Å². The molecule has 0 bridgehead atoms. The number of nitrogens with two attached hydrogens (primary N) is 1. The molecule has 7 heteroatoms. The van der Waals surface area contributed by atoms with Gasteiger partial charge >= 0.3 is 0 Å². The van der Waals surface area contributed by atoms with Crippen LogP contribution in [-0.4, -0.2) is 4.98 Å². The van der Waals surface area contributed by atoms with Crippen LogP contribution in [0.15, 0.2) is 23.0 Å². The van der Waals surface area contributed by atoms with E-state index >= 15 is 0 Å². The highest BCUT2D eigenvalue weighted by Crippen LogP contribution is 2.30. The molecule has 0 spiro atoms. The number of nitriles is 2. The zero-order chi connectivity index (χ0) is 15.6. The minimum absolute atomic E-state index is 0.00870. The van der Waals surface area contributed by atoms with E-state index in [1.54, 1.807) is 18.2 Å². The van der Waals surface area contributed by atoms with Crippen molar-refractivity contribution in [3.63, 3.8) is 0 Å². The summed E-state index contributed by atoms with van der Waals surface area (Å²) >= 11 is 3.21. The van der Waals surface area contributed by atoms with Gasteiger partial charge in [-0.05, 0) is 11.6 Å². The van der Waals surface area contributed by atoms with Crippen LogP contribution in [-0.2, 0) is 5.33 Å². The van der Waals surface area contributed by atoms with Crippen molar-refractivity contribution in [3.8, 4) is 23.3 Å². The molecule has 0 saturated carbocycles. The number of anilines is 1. The van der Waals surface area contributed by atoms with Gasteiger partial charge in [-0.15, -0.1) is 0 Å². The molecule has 3 N–H and O–H groups in total. The van der Waals surface area contributed by atoms with E-state index in [2.05, 4.69) is 20.9 Å². The molecule has 1 heterocycles. The van der Waals surface area contributed by atoms with Gasteiger partial charge < -0.3 is 10.7 Å². The van der Waals surface area contributed by atoms with Gasteiger partial charge in [0.1, 0.15) is 34.9 Å². The van der Waals surface area contributed by atoms with Crippen LogP contribution in [0.4, 0.5) is 10.2 Å². The largest absolute Gasteiger partial charge is 0.384 e. The van der Waals surface area contributed by atoms with Crippen LogP contribution in [0.2, 0.25) is 0 Å². The predicted molar refractivity (Wildman–Crippen MR) is 78.9 cm³/mol. The molecule has 1 aromatic heterocycles. The molecule has 2 aromatic rings. The predicted octanol–water partition coefficient (Wildman–Crippen LogP) is 2.40. The Hall–Kier alpha value is -2.64. The lowest BCUT2D eigenvalue weighted by Gasteiger charge is -2.10. The zero-order valence-corrected chi connectivity index (χ0v) is 12.2. The maximum absolute atomic E-state index is 14.2. The Kier molecular flexibility index (Phi) is 4.06. The van der Waals surface area contributed by atoms with Gasteiger partial charge in [-0.1, -0.05) is 28.1 Å². The Bertz CT molecular complexity index is 861. The number of aromatic nitrogens is 1. The van der Waals surface area contributed by atoms with Gasteiger partial charge in [0.15, 0.2) is 0 Å². The van der Waals surface area contributed by atoms with Gasteiger partial charge in [-0.3, -0.25) is 4.79 Å². The molecule has 21 heavy (non-hydrogen) atoms. The van der Waals surface area contributed by atoms with Gasteiger partial charge in [-0.2, -0.15) is 10.5 Å². The minimum atomic E-state index is -0.757. The van der Waals surface area contributed by atoms with Crippen molar-refractivity contribution in [2.45, 2.75) is 5.33 Å². The van der Waals surface area contributed by atoms with Gasteiger partial charge in [0, 0.05) is 16.5 Å². The first-order valence-electron chi connectivity index (χ1n) is 5.74. The van der Waals surface area contributed by atoms with E-state index in [0.29, 0.717) is 10.9 Å². The van der Waals surface area contributed by atoms with Crippen LogP contribution in [0.1, 0.15) is 16.7 Å². The van der Waals surface area contributed by atoms with E-state index in [4.69, 9.17) is 11.0 Å². The summed E-state index contributed by atoms with van der Waals surface area (Å²) < 4.78 is 14.2. The number of pyridine rings is 1. The molecule has 104 valence electrons. The molecule has 5 nitrogen and oxygen atoms in total.